The van der Waals surface area contributed by atoms with E-state index < -0.39 is 43.5 Å². The van der Waals surface area contributed by atoms with Crippen molar-refractivity contribution in [1.29, 1.82) is 0 Å². The van der Waals surface area contributed by atoms with E-state index in [4.69, 9.17) is 0 Å². The molecule has 2 radical (unpaired) electrons. The van der Waals surface area contributed by atoms with Gasteiger partial charge in [0.05, 0.1) is 0 Å². The molecule has 0 aliphatic carbocycles. The van der Waals surface area contributed by atoms with Crippen molar-refractivity contribution in [2.24, 2.45) is 0 Å². The van der Waals surface area contributed by atoms with Crippen molar-refractivity contribution in [3.63, 3.8) is 0 Å². The number of rotatable bonds is 3. The SMILES string of the molecule is CO[As](=O)([O-])[O-].CO[As](=O)([O-])[O-].CO[As](=O)([O-])[O-].[Fe+3].[Fe+3]. The largest absolute Gasteiger partial charge is 3.00 e. The Morgan fingerprint density at radius 3 is 0.600 bits per heavy atom. The topological polar surface area (TPSA) is 217 Å². The van der Waals surface area contributed by atoms with Gasteiger partial charge < -0.3 is 0 Å². The summed E-state index contributed by atoms with van der Waals surface area (Å²) in [7, 11) is 2.54. The minimum atomic E-state index is -5.16. The molecule has 12 nitrogen and oxygen atoms in total. The molecule has 0 unspecified atom stereocenters. The van der Waals surface area contributed by atoms with Crippen LogP contribution in [0.1, 0.15) is 0 Å². The second kappa shape index (κ2) is 15.6. The van der Waals surface area contributed by atoms with Gasteiger partial charge in [-0.25, -0.2) is 0 Å². The quantitative estimate of drug-likeness (QED) is 0.288. The summed E-state index contributed by atoms with van der Waals surface area (Å²) in [4.78, 5) is 0. The first-order chi connectivity index (χ1) is 7.68. The molecule has 0 bridgehead atoms. The Bertz CT molecular complexity index is 277. The zero-order chi connectivity index (χ0) is 15.6. The van der Waals surface area contributed by atoms with Crippen molar-refractivity contribution in [3.8, 4) is 0 Å². The van der Waals surface area contributed by atoms with E-state index in [1.807, 2.05) is 0 Å². The Labute approximate surface area is 145 Å². The maximum Gasteiger partial charge on any atom is 3.00 e. The van der Waals surface area contributed by atoms with Crippen molar-refractivity contribution in [2.45, 2.75) is 0 Å². The summed E-state index contributed by atoms with van der Waals surface area (Å²) in [5.41, 5.74) is 0. The molecule has 124 valence electrons. The van der Waals surface area contributed by atoms with E-state index in [1.165, 1.54) is 0 Å². The molecule has 0 spiro atoms. The second-order valence-electron chi connectivity index (χ2n) is 1.89. The van der Waals surface area contributed by atoms with Gasteiger partial charge >= 0.3 is 146 Å². The summed E-state index contributed by atoms with van der Waals surface area (Å²) in [5.74, 6) is 0. The minimum absolute atomic E-state index is 0. The van der Waals surface area contributed by atoms with E-state index in [2.05, 4.69) is 11.2 Å². The van der Waals surface area contributed by atoms with Crippen LogP contribution in [0.5, 0.6) is 0 Å². The van der Waals surface area contributed by atoms with Gasteiger partial charge in [0.1, 0.15) is 0 Å². The summed E-state index contributed by atoms with van der Waals surface area (Å²) in [6.07, 6.45) is 0. The normalized spacial score (nSPS) is 10.7. The van der Waals surface area contributed by atoms with Crippen molar-refractivity contribution < 1.29 is 81.1 Å². The third kappa shape index (κ3) is 60.1. The first-order valence-electron chi connectivity index (χ1n) is 3.42. The first-order valence-corrected chi connectivity index (χ1v) is 12.6. The zero-order valence-corrected chi connectivity index (χ0v) is 17.8. The second-order valence-corrected chi connectivity index (χ2v) is 9.82. The molecule has 0 amide bonds. The van der Waals surface area contributed by atoms with Crippen molar-refractivity contribution in [2.75, 3.05) is 21.3 Å². The average molecular weight is 574 g/mol. The van der Waals surface area contributed by atoms with Crippen LogP contribution in [0.15, 0.2) is 0 Å². The Balaban J connectivity index is -0.0000000536. The summed E-state index contributed by atoms with van der Waals surface area (Å²) >= 11 is -15.5. The van der Waals surface area contributed by atoms with Gasteiger partial charge in [-0.15, -0.1) is 0 Å². The summed E-state index contributed by atoms with van der Waals surface area (Å²) in [6.45, 7) is 0. The van der Waals surface area contributed by atoms with Crippen molar-refractivity contribution in [1.82, 2.24) is 0 Å². The molecule has 17 heteroatoms. The Hall–Kier alpha value is 1.75. The maximum absolute atomic E-state index is 9.31. The molecule has 0 saturated heterocycles. The Kier molecular flexibility index (Phi) is 26.1. The van der Waals surface area contributed by atoms with E-state index >= 15 is 0 Å². The zero-order valence-electron chi connectivity index (χ0n) is 9.95. The van der Waals surface area contributed by atoms with Crippen LogP contribution in [0, 0.1) is 0 Å². The monoisotopic (exact) mass is 574 g/mol. The molecule has 0 aliphatic heterocycles. The molecule has 0 fully saturated rings. The van der Waals surface area contributed by atoms with Crippen LogP contribution in [-0.2, 0) is 56.5 Å². The van der Waals surface area contributed by atoms with Crippen LogP contribution in [-0.4, -0.2) is 64.9 Å². The molecular weight excluding hydrogens is 564 g/mol. The smallest absolute Gasteiger partial charge is 3.00 e. The molecule has 0 heterocycles. The van der Waals surface area contributed by atoms with Gasteiger partial charge in [0.15, 0.2) is 0 Å². The minimum Gasteiger partial charge on any atom is 3.00 e. The molecule has 0 aromatic heterocycles. The van der Waals surface area contributed by atoms with Crippen LogP contribution < -0.4 is 24.6 Å². The van der Waals surface area contributed by atoms with Crippen LogP contribution in [0.4, 0.5) is 0 Å². The number of hydrogen-bond acceptors (Lipinski definition) is 12. The van der Waals surface area contributed by atoms with Gasteiger partial charge in [-0.05, 0) is 0 Å². The Morgan fingerprint density at radius 2 is 0.600 bits per heavy atom. The van der Waals surface area contributed by atoms with Crippen LogP contribution in [0.25, 0.3) is 0 Å². The van der Waals surface area contributed by atoms with Gasteiger partial charge in [-0.3, -0.25) is 0 Å². The van der Waals surface area contributed by atoms with Gasteiger partial charge in [0, 0.05) is 0 Å². The molecule has 0 N–H and O–H groups in total. The van der Waals surface area contributed by atoms with E-state index in [1.54, 1.807) is 0 Å². The summed E-state index contributed by atoms with van der Waals surface area (Å²) in [5, 5.41) is 0. The van der Waals surface area contributed by atoms with E-state index in [0.717, 1.165) is 21.3 Å². The first kappa shape index (κ1) is 33.4. The molecule has 0 aromatic carbocycles. The summed E-state index contributed by atoms with van der Waals surface area (Å²) < 4.78 is 94.1. The molecule has 0 aromatic rings. The molecule has 0 saturated carbocycles. The molecule has 20 heavy (non-hydrogen) atoms. The van der Waals surface area contributed by atoms with Gasteiger partial charge in [-0.1, -0.05) is 0 Å². The van der Waals surface area contributed by atoms with Crippen LogP contribution >= 0.6 is 0 Å². The number of hydrogen-bond donors (Lipinski definition) is 0. The fraction of sp³-hybridized carbons (Fsp3) is 1.00. The standard InChI is InChI=1S/3CH5AsO4.2Fe/c3*1-6-2(3,4)5;;/h3*1H3,(H2,3,4,5);;/q;;;2*+3/p-6. The Morgan fingerprint density at radius 1 is 0.550 bits per heavy atom. The van der Waals surface area contributed by atoms with Crippen molar-refractivity contribution in [3.05, 3.63) is 0 Å². The van der Waals surface area contributed by atoms with E-state index in [0.29, 0.717) is 0 Å². The summed E-state index contributed by atoms with van der Waals surface area (Å²) in [6, 6.07) is 0. The molecular formula is C3H9As3Fe2O12. The van der Waals surface area contributed by atoms with Gasteiger partial charge in [0.25, 0.3) is 0 Å². The molecule has 0 atom stereocenters. The third-order valence-corrected chi connectivity index (χ3v) is 3.49. The van der Waals surface area contributed by atoms with Crippen LogP contribution in [0.2, 0.25) is 0 Å². The fourth-order valence-electron chi connectivity index (χ4n) is 0. The molecule has 0 aliphatic rings. The van der Waals surface area contributed by atoms with Crippen molar-refractivity contribution >= 4 is 43.5 Å². The fourth-order valence-corrected chi connectivity index (χ4v) is 0. The van der Waals surface area contributed by atoms with Crippen LogP contribution in [0.3, 0.4) is 0 Å². The van der Waals surface area contributed by atoms with Gasteiger partial charge in [0.2, 0.25) is 0 Å². The third-order valence-electron chi connectivity index (χ3n) is 0.671. The van der Waals surface area contributed by atoms with E-state index in [-0.39, 0.29) is 34.1 Å². The average Bonchev–Trinajstić information content (AvgIpc) is 2.16. The maximum atomic E-state index is 9.31. The predicted molar refractivity (Wildman–Crippen MR) is 40.3 cm³/mol. The predicted octanol–water partition coefficient (Wildman–Crippen LogP) is -8.35. The van der Waals surface area contributed by atoms with Gasteiger partial charge in [-0.2, -0.15) is 0 Å². The van der Waals surface area contributed by atoms with E-state index in [9.17, 15) is 35.8 Å². The molecule has 0 rings (SSSR count).